The van der Waals surface area contributed by atoms with Crippen molar-refractivity contribution >= 4 is 10.9 Å². The molecule has 0 unspecified atom stereocenters. The zero-order valence-corrected chi connectivity index (χ0v) is 13.3. The van der Waals surface area contributed by atoms with Crippen LogP contribution in [0.25, 0.3) is 10.9 Å². The van der Waals surface area contributed by atoms with Gasteiger partial charge in [-0.2, -0.15) is 0 Å². The van der Waals surface area contributed by atoms with Crippen LogP contribution < -0.4 is 0 Å². The Labute approximate surface area is 134 Å². The summed E-state index contributed by atoms with van der Waals surface area (Å²) in [6, 6.07) is 5.02. The van der Waals surface area contributed by atoms with E-state index < -0.39 is 0 Å². The van der Waals surface area contributed by atoms with E-state index in [4.69, 9.17) is 0 Å². The van der Waals surface area contributed by atoms with Crippen molar-refractivity contribution in [2.75, 3.05) is 13.1 Å². The van der Waals surface area contributed by atoms with Crippen molar-refractivity contribution in [1.82, 2.24) is 19.4 Å². The first kappa shape index (κ1) is 14.5. The minimum Gasteiger partial charge on any atom is -0.358 e. The van der Waals surface area contributed by atoms with Crippen LogP contribution in [0.1, 0.15) is 23.4 Å². The summed E-state index contributed by atoms with van der Waals surface area (Å²) >= 11 is 0. The van der Waals surface area contributed by atoms with Crippen LogP contribution in [0.2, 0.25) is 0 Å². The number of aromatic amines is 1. The third-order valence-electron chi connectivity index (χ3n) is 4.84. The summed E-state index contributed by atoms with van der Waals surface area (Å²) in [5, 5.41) is 1.04. The molecule has 0 radical (unpaired) electrons. The third-order valence-corrected chi connectivity index (χ3v) is 4.84. The zero-order valence-electron chi connectivity index (χ0n) is 13.3. The summed E-state index contributed by atoms with van der Waals surface area (Å²) in [6.07, 6.45) is 6.96. The maximum absolute atomic E-state index is 13.5. The van der Waals surface area contributed by atoms with Crippen LogP contribution in [0.15, 0.2) is 30.7 Å². The van der Waals surface area contributed by atoms with Crippen molar-refractivity contribution in [1.29, 1.82) is 0 Å². The van der Waals surface area contributed by atoms with Crippen LogP contribution in [-0.4, -0.2) is 32.5 Å². The number of halogens is 1. The molecule has 3 aromatic rings. The first-order valence-corrected chi connectivity index (χ1v) is 8.17. The highest BCUT2D eigenvalue weighted by Gasteiger charge is 2.20. The lowest BCUT2D eigenvalue weighted by atomic mass is 10.0. The van der Waals surface area contributed by atoms with Gasteiger partial charge in [-0.15, -0.1) is 0 Å². The Kier molecular flexibility index (Phi) is 3.65. The number of nitrogens with one attached hydrogen (secondary N) is 1. The third kappa shape index (κ3) is 2.77. The largest absolute Gasteiger partial charge is 0.358 e. The van der Waals surface area contributed by atoms with Crippen LogP contribution in [0.3, 0.4) is 0 Å². The molecule has 1 aromatic carbocycles. The van der Waals surface area contributed by atoms with E-state index in [1.54, 1.807) is 6.07 Å². The first-order valence-electron chi connectivity index (χ1n) is 8.17. The Balaban J connectivity index is 1.45. The van der Waals surface area contributed by atoms with Crippen LogP contribution >= 0.6 is 0 Å². The Hall–Kier alpha value is -2.14. The molecular weight excluding hydrogens is 291 g/mol. The van der Waals surface area contributed by atoms with Gasteiger partial charge < -0.3 is 9.55 Å². The van der Waals surface area contributed by atoms with Gasteiger partial charge in [0.1, 0.15) is 5.82 Å². The molecule has 0 saturated carbocycles. The number of nitrogens with zero attached hydrogens (tertiary/aromatic N) is 3. The number of benzene rings is 1. The molecule has 120 valence electrons. The van der Waals surface area contributed by atoms with Crippen LogP contribution in [0.5, 0.6) is 0 Å². The number of rotatable bonds is 4. The van der Waals surface area contributed by atoms with E-state index in [1.807, 2.05) is 25.6 Å². The Bertz CT molecular complexity index is 833. The van der Waals surface area contributed by atoms with Crippen LogP contribution in [0, 0.1) is 5.82 Å². The fourth-order valence-corrected chi connectivity index (χ4v) is 3.54. The summed E-state index contributed by atoms with van der Waals surface area (Å²) in [4.78, 5) is 10.1. The van der Waals surface area contributed by atoms with E-state index in [0.29, 0.717) is 0 Å². The molecule has 1 aliphatic rings. The molecule has 0 aliphatic carbocycles. The predicted octanol–water partition coefficient (Wildman–Crippen LogP) is 3.03. The molecule has 0 fully saturated rings. The molecule has 4 nitrogen and oxygen atoms in total. The molecule has 3 heterocycles. The minimum absolute atomic E-state index is 0.160. The number of fused-ring (bicyclic) bond motifs is 3. The van der Waals surface area contributed by atoms with Gasteiger partial charge in [0.25, 0.3) is 0 Å². The summed E-state index contributed by atoms with van der Waals surface area (Å²) < 4.78 is 15.6. The molecule has 1 aliphatic heterocycles. The molecule has 0 bridgehead atoms. The fraction of sp³-hybridized carbons (Fsp3) is 0.389. The van der Waals surface area contributed by atoms with E-state index in [1.165, 1.54) is 23.0 Å². The molecule has 0 amide bonds. The second-order valence-electron chi connectivity index (χ2n) is 6.40. The number of hydrogen-bond acceptors (Lipinski definition) is 2. The maximum Gasteiger partial charge on any atom is 0.123 e. The Morgan fingerprint density at radius 2 is 2.26 bits per heavy atom. The van der Waals surface area contributed by atoms with Crippen molar-refractivity contribution in [3.05, 3.63) is 53.5 Å². The average molecular weight is 312 g/mol. The van der Waals surface area contributed by atoms with Crippen LogP contribution in [0.4, 0.5) is 4.39 Å². The molecule has 0 spiro atoms. The summed E-state index contributed by atoms with van der Waals surface area (Å²) in [5.74, 6) is -0.160. The number of hydrogen-bond donors (Lipinski definition) is 1. The van der Waals surface area contributed by atoms with Crippen LogP contribution in [-0.2, 0) is 26.4 Å². The van der Waals surface area contributed by atoms with Gasteiger partial charge in [0.15, 0.2) is 0 Å². The highest BCUT2D eigenvalue weighted by atomic mass is 19.1. The second kappa shape index (κ2) is 5.81. The quantitative estimate of drug-likeness (QED) is 0.804. The van der Waals surface area contributed by atoms with Crippen molar-refractivity contribution in [2.45, 2.75) is 25.8 Å². The van der Waals surface area contributed by atoms with Crippen molar-refractivity contribution in [2.24, 2.45) is 7.05 Å². The lowest BCUT2D eigenvalue weighted by Gasteiger charge is -2.27. The minimum atomic E-state index is -0.160. The highest BCUT2D eigenvalue weighted by Crippen LogP contribution is 2.28. The molecule has 5 heteroatoms. The highest BCUT2D eigenvalue weighted by molar-refractivity contribution is 5.84. The summed E-state index contributed by atoms with van der Waals surface area (Å²) in [5.41, 5.74) is 4.87. The first-order chi connectivity index (χ1) is 11.2. The molecular formula is C18H21FN4. The van der Waals surface area contributed by atoms with Gasteiger partial charge in [-0.3, -0.25) is 4.90 Å². The SMILES string of the molecule is Cn1cncc1CCCN1CCc2[nH]c3ccc(F)cc3c2C1. The monoisotopic (exact) mass is 312 g/mol. The Morgan fingerprint density at radius 1 is 1.35 bits per heavy atom. The molecule has 2 aromatic heterocycles. The fourth-order valence-electron chi connectivity index (χ4n) is 3.54. The van der Waals surface area contributed by atoms with E-state index >= 15 is 0 Å². The van der Waals surface area contributed by atoms with E-state index in [2.05, 4.69) is 19.4 Å². The van der Waals surface area contributed by atoms with Gasteiger partial charge in [-0.1, -0.05) is 0 Å². The van der Waals surface area contributed by atoms with E-state index in [-0.39, 0.29) is 5.82 Å². The Morgan fingerprint density at radius 3 is 3.09 bits per heavy atom. The summed E-state index contributed by atoms with van der Waals surface area (Å²) in [7, 11) is 2.04. The average Bonchev–Trinajstić information content (AvgIpc) is 3.11. The standard InChI is InChI=1S/C18H21FN4/c1-22-12-20-10-14(22)3-2-7-23-8-6-18-16(11-23)15-9-13(19)4-5-17(15)21-18/h4-5,9-10,12,21H,2-3,6-8,11H2,1H3. The molecule has 1 N–H and O–H groups in total. The van der Waals surface area contributed by atoms with E-state index in [0.717, 1.165) is 49.8 Å². The topological polar surface area (TPSA) is 36.9 Å². The second-order valence-corrected chi connectivity index (χ2v) is 6.40. The van der Waals surface area contributed by atoms with Crippen molar-refractivity contribution < 1.29 is 4.39 Å². The van der Waals surface area contributed by atoms with Gasteiger partial charge in [-0.05, 0) is 43.1 Å². The van der Waals surface area contributed by atoms with Gasteiger partial charge in [0.05, 0.1) is 6.33 Å². The van der Waals surface area contributed by atoms with Gasteiger partial charge in [0, 0.05) is 55.0 Å². The van der Waals surface area contributed by atoms with Gasteiger partial charge in [-0.25, -0.2) is 9.37 Å². The van der Waals surface area contributed by atoms with Gasteiger partial charge >= 0.3 is 0 Å². The molecule has 4 rings (SSSR count). The molecule has 23 heavy (non-hydrogen) atoms. The summed E-state index contributed by atoms with van der Waals surface area (Å²) in [6.45, 7) is 3.03. The molecule has 0 saturated heterocycles. The maximum atomic E-state index is 13.5. The lowest BCUT2D eigenvalue weighted by Crippen LogP contribution is -2.31. The zero-order chi connectivity index (χ0) is 15.8. The number of aryl methyl sites for hydroxylation is 2. The van der Waals surface area contributed by atoms with Gasteiger partial charge in [0.2, 0.25) is 0 Å². The number of imidazole rings is 1. The lowest BCUT2D eigenvalue weighted by molar-refractivity contribution is 0.251. The van der Waals surface area contributed by atoms with Crippen molar-refractivity contribution in [3.8, 4) is 0 Å². The number of aromatic nitrogens is 3. The molecule has 0 atom stereocenters. The van der Waals surface area contributed by atoms with Crippen molar-refractivity contribution in [3.63, 3.8) is 0 Å². The smallest absolute Gasteiger partial charge is 0.123 e. The predicted molar refractivity (Wildman–Crippen MR) is 88.8 cm³/mol. The normalized spacial score (nSPS) is 15.2. The number of H-pyrrole nitrogens is 1. The van der Waals surface area contributed by atoms with E-state index in [9.17, 15) is 4.39 Å².